The number of nitrogens with one attached hydrogen (secondary N) is 2. The third kappa shape index (κ3) is 5.54. The normalized spacial score (nSPS) is 29.1. The molecule has 2 aliphatic carbocycles. The van der Waals surface area contributed by atoms with Crippen LogP contribution in [0.15, 0.2) is 24.3 Å². The van der Waals surface area contributed by atoms with Crippen LogP contribution in [-0.2, 0) is 14.3 Å². The van der Waals surface area contributed by atoms with Crippen molar-refractivity contribution in [3.05, 3.63) is 29.8 Å². The number of para-hydroxylation sites is 1. The third-order valence-electron chi connectivity index (χ3n) is 9.92. The van der Waals surface area contributed by atoms with Gasteiger partial charge in [0.2, 0.25) is 11.8 Å². The Morgan fingerprint density at radius 3 is 2.27 bits per heavy atom. The van der Waals surface area contributed by atoms with Crippen molar-refractivity contribution in [3.8, 4) is 0 Å². The summed E-state index contributed by atoms with van der Waals surface area (Å²) in [5.41, 5.74) is 1.22. The zero-order chi connectivity index (χ0) is 29.6. The fourth-order valence-electron chi connectivity index (χ4n) is 7.32. The summed E-state index contributed by atoms with van der Waals surface area (Å²) in [4.78, 5) is 44.5. The number of aliphatic hydroxyl groups is 1. The molecule has 1 aromatic carbocycles. The highest BCUT2D eigenvalue weighted by Crippen LogP contribution is 2.67. The van der Waals surface area contributed by atoms with Crippen LogP contribution >= 0.6 is 0 Å². The number of fused-ring (bicyclic) bond motifs is 2. The first-order valence-corrected chi connectivity index (χ1v) is 14.6. The molecule has 4 rings (SSSR count). The van der Waals surface area contributed by atoms with Crippen LogP contribution in [0.25, 0.3) is 0 Å². The highest BCUT2D eigenvalue weighted by atomic mass is 16.6. The maximum Gasteiger partial charge on any atom is 0.408 e. The van der Waals surface area contributed by atoms with Crippen molar-refractivity contribution in [3.63, 3.8) is 0 Å². The van der Waals surface area contributed by atoms with Gasteiger partial charge in [0, 0.05) is 37.9 Å². The van der Waals surface area contributed by atoms with Crippen molar-refractivity contribution >= 4 is 23.6 Å². The molecule has 0 radical (unpaired) electrons. The van der Waals surface area contributed by atoms with Gasteiger partial charge in [-0.05, 0) is 75.8 Å². The van der Waals surface area contributed by atoms with Crippen LogP contribution in [0.3, 0.4) is 0 Å². The molecule has 3 fully saturated rings. The molecule has 0 spiro atoms. The van der Waals surface area contributed by atoms with Gasteiger partial charge in [-0.25, -0.2) is 4.79 Å². The molecule has 1 heterocycles. The summed E-state index contributed by atoms with van der Waals surface area (Å²) < 4.78 is 5.32. The van der Waals surface area contributed by atoms with E-state index in [1.807, 2.05) is 17.0 Å². The first-order chi connectivity index (χ1) is 18.6. The van der Waals surface area contributed by atoms with Crippen LogP contribution in [-0.4, -0.2) is 77.9 Å². The molecule has 1 saturated heterocycles. The number of alkyl carbamates (subject to hydrolysis) is 1. The highest BCUT2D eigenvalue weighted by Gasteiger charge is 2.68. The molecule has 1 aliphatic heterocycles. The second kappa shape index (κ2) is 10.9. The van der Waals surface area contributed by atoms with E-state index in [9.17, 15) is 19.5 Å². The van der Waals surface area contributed by atoms with Gasteiger partial charge in [0.1, 0.15) is 11.6 Å². The first kappa shape index (κ1) is 30.2. The molecule has 0 aromatic heterocycles. The molecule has 2 bridgehead atoms. The Balaban J connectivity index is 1.51. The summed E-state index contributed by atoms with van der Waals surface area (Å²) in [7, 11) is 0. The van der Waals surface area contributed by atoms with E-state index < -0.39 is 35.8 Å². The standard InChI is InChI=1S/C31H48N4O5/c1-19-11-9-10-12-22(19)34-15-17-35(18-16-34)27(38)23-21-13-14-31(8,30(21,6)7)25(23)33-26(37)24(20(2)36)32-28(39)40-29(3,4)5/h9-12,20-21,23-25,36H,13-18H2,1-8H3,(H,32,39)(H,33,37)/t20?,21?,23?,24?,25?,31-/m0/s1. The molecule has 1 aromatic rings. The molecule has 3 amide bonds. The Hall–Kier alpha value is -2.81. The van der Waals surface area contributed by atoms with E-state index in [2.05, 4.69) is 55.4 Å². The van der Waals surface area contributed by atoms with Crippen molar-refractivity contribution in [1.29, 1.82) is 0 Å². The number of piperazine rings is 1. The predicted molar refractivity (Wildman–Crippen MR) is 155 cm³/mol. The summed E-state index contributed by atoms with van der Waals surface area (Å²) >= 11 is 0. The second-order valence-corrected chi connectivity index (χ2v) is 13.8. The van der Waals surface area contributed by atoms with Crippen LogP contribution in [0, 0.1) is 29.6 Å². The lowest BCUT2D eigenvalue weighted by Crippen LogP contribution is -2.61. The van der Waals surface area contributed by atoms with Gasteiger partial charge in [0.05, 0.1) is 12.0 Å². The topological polar surface area (TPSA) is 111 Å². The highest BCUT2D eigenvalue weighted by molar-refractivity contribution is 5.88. The van der Waals surface area contributed by atoms with E-state index in [0.29, 0.717) is 13.1 Å². The predicted octanol–water partition coefficient (Wildman–Crippen LogP) is 3.47. The van der Waals surface area contributed by atoms with Crippen molar-refractivity contribution in [2.24, 2.45) is 22.7 Å². The minimum Gasteiger partial charge on any atom is -0.444 e. The molecule has 3 aliphatic rings. The SMILES string of the molecule is Cc1ccccc1N1CCN(C(=O)C2C3CC[C@@](C)(C2NC(=O)C(NC(=O)OC(C)(C)C)C(C)O)C3(C)C)CC1. The van der Waals surface area contributed by atoms with Gasteiger partial charge >= 0.3 is 6.09 Å². The van der Waals surface area contributed by atoms with E-state index in [1.165, 1.54) is 18.2 Å². The van der Waals surface area contributed by atoms with Crippen molar-refractivity contribution < 1.29 is 24.2 Å². The number of nitrogens with zero attached hydrogens (tertiary/aromatic N) is 2. The maximum absolute atomic E-state index is 14.2. The average Bonchev–Trinajstić information content (AvgIpc) is 3.18. The summed E-state index contributed by atoms with van der Waals surface area (Å²) in [5.74, 6) is -0.644. The number of benzene rings is 1. The number of ether oxygens (including phenoxy) is 1. The number of hydrogen-bond donors (Lipinski definition) is 3. The Morgan fingerprint density at radius 2 is 1.70 bits per heavy atom. The molecular weight excluding hydrogens is 508 g/mol. The molecular formula is C31H48N4O5. The van der Waals surface area contributed by atoms with Crippen LogP contribution in [0.5, 0.6) is 0 Å². The van der Waals surface area contributed by atoms with E-state index in [-0.39, 0.29) is 28.6 Å². The second-order valence-electron chi connectivity index (χ2n) is 13.8. The Labute approximate surface area is 239 Å². The van der Waals surface area contributed by atoms with Gasteiger partial charge in [0.15, 0.2) is 0 Å². The summed E-state index contributed by atoms with van der Waals surface area (Å²) in [6.07, 6.45) is -0.0761. The van der Waals surface area contributed by atoms with Gasteiger partial charge in [0.25, 0.3) is 0 Å². The van der Waals surface area contributed by atoms with E-state index >= 15 is 0 Å². The van der Waals surface area contributed by atoms with Crippen molar-refractivity contribution in [1.82, 2.24) is 15.5 Å². The largest absolute Gasteiger partial charge is 0.444 e. The van der Waals surface area contributed by atoms with Gasteiger partial charge in [-0.15, -0.1) is 0 Å². The Morgan fingerprint density at radius 1 is 1.07 bits per heavy atom. The van der Waals surface area contributed by atoms with Crippen LogP contribution in [0.2, 0.25) is 0 Å². The van der Waals surface area contributed by atoms with E-state index in [1.54, 1.807) is 20.8 Å². The monoisotopic (exact) mass is 556 g/mol. The number of aryl methyl sites for hydroxylation is 1. The van der Waals surface area contributed by atoms with E-state index in [0.717, 1.165) is 25.9 Å². The lowest BCUT2D eigenvalue weighted by atomic mass is 9.69. The molecule has 3 N–H and O–H groups in total. The fraction of sp³-hybridized carbons (Fsp3) is 0.710. The van der Waals surface area contributed by atoms with Crippen LogP contribution < -0.4 is 15.5 Å². The zero-order valence-electron chi connectivity index (χ0n) is 25.4. The van der Waals surface area contributed by atoms with Crippen molar-refractivity contribution in [2.75, 3.05) is 31.1 Å². The minimum absolute atomic E-state index is 0.0879. The number of anilines is 1. The Bertz CT molecular complexity index is 1120. The smallest absolute Gasteiger partial charge is 0.408 e. The lowest BCUT2D eigenvalue weighted by molar-refractivity contribution is -0.140. The van der Waals surface area contributed by atoms with Gasteiger partial charge in [-0.3, -0.25) is 9.59 Å². The lowest BCUT2D eigenvalue weighted by Gasteiger charge is -2.43. The third-order valence-corrected chi connectivity index (χ3v) is 9.92. The first-order valence-electron chi connectivity index (χ1n) is 14.6. The summed E-state index contributed by atoms with van der Waals surface area (Å²) in [6, 6.07) is 6.71. The van der Waals surface area contributed by atoms with Gasteiger partial charge in [-0.1, -0.05) is 39.0 Å². The van der Waals surface area contributed by atoms with E-state index in [4.69, 9.17) is 4.74 Å². The molecule has 40 heavy (non-hydrogen) atoms. The minimum atomic E-state index is -1.20. The maximum atomic E-state index is 14.2. The summed E-state index contributed by atoms with van der Waals surface area (Å²) in [5, 5.41) is 16.1. The Kier molecular flexibility index (Phi) is 8.20. The van der Waals surface area contributed by atoms with Gasteiger partial charge < -0.3 is 30.3 Å². The molecule has 9 nitrogen and oxygen atoms in total. The number of rotatable bonds is 6. The number of carbonyl (C=O) groups excluding carboxylic acids is 3. The molecule has 2 saturated carbocycles. The number of hydrogen-bond acceptors (Lipinski definition) is 6. The van der Waals surface area contributed by atoms with Crippen LogP contribution in [0.4, 0.5) is 10.5 Å². The van der Waals surface area contributed by atoms with Gasteiger partial charge in [-0.2, -0.15) is 0 Å². The fourth-order valence-corrected chi connectivity index (χ4v) is 7.32. The molecule has 6 atom stereocenters. The number of amides is 3. The summed E-state index contributed by atoms with van der Waals surface area (Å²) in [6.45, 7) is 18.1. The quantitative estimate of drug-likeness (QED) is 0.495. The average molecular weight is 557 g/mol. The van der Waals surface area contributed by atoms with Crippen molar-refractivity contribution in [2.45, 2.75) is 92.0 Å². The van der Waals surface area contributed by atoms with Crippen LogP contribution in [0.1, 0.15) is 66.9 Å². The number of aliphatic hydroxyl groups excluding tert-OH is 1. The molecule has 222 valence electrons. The number of carbonyl (C=O) groups is 3. The molecule has 9 heteroatoms. The molecule has 5 unspecified atom stereocenters. The zero-order valence-corrected chi connectivity index (χ0v) is 25.4.